The number of ketones is 2. The van der Waals surface area contributed by atoms with Crippen LogP contribution in [0.15, 0.2) is 36.4 Å². The van der Waals surface area contributed by atoms with Crippen LogP contribution in [0.5, 0.6) is 5.75 Å². The summed E-state index contributed by atoms with van der Waals surface area (Å²) in [7, 11) is 3.77. The number of benzene rings is 2. The van der Waals surface area contributed by atoms with Crippen LogP contribution >= 0.6 is 0 Å². The van der Waals surface area contributed by atoms with Gasteiger partial charge in [0.2, 0.25) is 5.91 Å². The van der Waals surface area contributed by atoms with E-state index in [0.29, 0.717) is 29.8 Å². The normalized spacial score (nSPS) is 19.3. The van der Waals surface area contributed by atoms with Gasteiger partial charge >= 0.3 is 0 Å². The minimum absolute atomic E-state index is 0.0550. The number of nitrogens with two attached hydrogens (primary N) is 1. The number of aliphatic hydroxyl groups excluding tert-OH is 2. The molecule has 3 atom stereocenters. The zero-order chi connectivity index (χ0) is 32.2. The summed E-state index contributed by atoms with van der Waals surface area (Å²) in [6.07, 6.45) is -3.59. The van der Waals surface area contributed by atoms with Crippen LogP contribution in [0.4, 0.5) is 0 Å². The van der Waals surface area contributed by atoms with Crippen LogP contribution in [0.3, 0.4) is 0 Å². The molecule has 9 N–H and O–H groups in total. The largest absolute Gasteiger partial charge is 0.507 e. The number of hydrogen-bond donors (Lipinski definition) is 8. The first-order valence-electron chi connectivity index (χ1n) is 13.7. The van der Waals surface area contributed by atoms with Crippen molar-refractivity contribution in [3.63, 3.8) is 0 Å². The van der Waals surface area contributed by atoms with Crippen molar-refractivity contribution in [3.8, 4) is 16.9 Å². The smallest absolute Gasteiger partial charge is 0.251 e. The number of fused-ring (bicyclic) bond motifs is 1. The van der Waals surface area contributed by atoms with E-state index in [1.54, 1.807) is 24.3 Å². The summed E-state index contributed by atoms with van der Waals surface area (Å²) in [5.74, 6) is -3.77. The standard InChI is InChI=1S/C30H39N3O10/c1-33(2)11-10-32-27(40)19-5-3-18(4-6-19)20-7-8-22(36)26-21(20)14-28(41,15-23(26)37)16-29(42,9-12-34)30(43,17-35)24(38)13-25(31)39/h3-8,34-36,41-43H,9-17H2,1-2H3,(H2,31,39)(H,32,40)/t28?,29?,30-/m0/s1. The SMILES string of the molecule is CN(C)CCNC(=O)c1ccc(-c2ccc(O)c3c2CC(O)(CC(O)(CCO)[C@](O)(CO)C(=O)CC(N)=O)CC3=O)cc1. The first-order chi connectivity index (χ1) is 20.1. The zero-order valence-corrected chi connectivity index (χ0v) is 24.2. The number of carbonyl (C=O) groups excluding carboxylic acids is 4. The number of likely N-dealkylation sites (N-methyl/N-ethyl adjacent to an activating group) is 1. The molecule has 1 aliphatic rings. The number of aliphatic hydroxyl groups is 5. The highest BCUT2D eigenvalue weighted by atomic mass is 16.4. The van der Waals surface area contributed by atoms with Crippen LogP contribution in [0.25, 0.3) is 11.1 Å². The van der Waals surface area contributed by atoms with Gasteiger partial charge in [0.1, 0.15) is 11.4 Å². The highest BCUT2D eigenvalue weighted by Crippen LogP contribution is 2.45. The van der Waals surface area contributed by atoms with Crippen molar-refractivity contribution in [1.29, 1.82) is 0 Å². The first-order valence-corrected chi connectivity index (χ1v) is 13.7. The average molecular weight is 602 g/mol. The van der Waals surface area contributed by atoms with Gasteiger partial charge in [-0.05, 0) is 49.0 Å². The second-order valence-electron chi connectivity index (χ2n) is 11.4. The van der Waals surface area contributed by atoms with Gasteiger partial charge in [0, 0.05) is 50.9 Å². The van der Waals surface area contributed by atoms with Gasteiger partial charge in [-0.1, -0.05) is 18.2 Å². The molecule has 234 valence electrons. The van der Waals surface area contributed by atoms with E-state index >= 15 is 0 Å². The summed E-state index contributed by atoms with van der Waals surface area (Å²) in [4.78, 5) is 51.8. The Morgan fingerprint density at radius 3 is 2.26 bits per heavy atom. The number of carbonyl (C=O) groups is 4. The topological polar surface area (TPSA) is 231 Å². The summed E-state index contributed by atoms with van der Waals surface area (Å²) < 4.78 is 0. The minimum Gasteiger partial charge on any atom is -0.507 e. The molecule has 0 fully saturated rings. The maximum absolute atomic E-state index is 13.3. The molecule has 2 aromatic carbocycles. The van der Waals surface area contributed by atoms with Crippen LogP contribution in [-0.4, -0.2) is 116 Å². The number of phenolic OH excluding ortho intramolecular Hbond substituents is 1. The molecule has 3 rings (SSSR count). The fourth-order valence-corrected chi connectivity index (χ4v) is 5.57. The average Bonchev–Trinajstić information content (AvgIpc) is 2.91. The van der Waals surface area contributed by atoms with Crippen molar-refractivity contribution >= 4 is 23.4 Å². The molecule has 43 heavy (non-hydrogen) atoms. The second kappa shape index (κ2) is 13.3. The molecule has 0 radical (unpaired) electrons. The number of primary amides is 1. The monoisotopic (exact) mass is 601 g/mol. The van der Waals surface area contributed by atoms with Gasteiger partial charge in [0.15, 0.2) is 17.2 Å². The summed E-state index contributed by atoms with van der Waals surface area (Å²) in [5, 5.41) is 67.2. The van der Waals surface area contributed by atoms with Crippen molar-refractivity contribution in [1.82, 2.24) is 10.2 Å². The lowest BCUT2D eigenvalue weighted by Gasteiger charge is -2.46. The van der Waals surface area contributed by atoms with Crippen molar-refractivity contribution in [2.75, 3.05) is 40.4 Å². The molecular formula is C30H39N3O10. The van der Waals surface area contributed by atoms with Crippen molar-refractivity contribution < 1.29 is 49.8 Å². The van der Waals surface area contributed by atoms with E-state index in [1.165, 1.54) is 12.1 Å². The number of nitrogens with one attached hydrogen (secondary N) is 1. The van der Waals surface area contributed by atoms with E-state index in [4.69, 9.17) is 5.73 Å². The Kier molecular flexibility index (Phi) is 10.4. The fraction of sp³-hybridized carbons (Fsp3) is 0.467. The van der Waals surface area contributed by atoms with E-state index in [0.717, 1.165) is 0 Å². The molecule has 1 aliphatic carbocycles. The van der Waals surface area contributed by atoms with Crippen LogP contribution in [0.1, 0.15) is 52.0 Å². The van der Waals surface area contributed by atoms with Gasteiger partial charge in [0.25, 0.3) is 5.91 Å². The molecule has 0 saturated heterocycles. The lowest BCUT2D eigenvalue weighted by atomic mass is 9.66. The molecule has 0 aliphatic heterocycles. The maximum Gasteiger partial charge on any atom is 0.251 e. The van der Waals surface area contributed by atoms with Crippen LogP contribution in [0, 0.1) is 0 Å². The Bertz CT molecular complexity index is 1380. The number of aromatic hydroxyl groups is 1. The Hall–Kier alpha value is -3.72. The lowest BCUT2D eigenvalue weighted by molar-refractivity contribution is -0.204. The highest BCUT2D eigenvalue weighted by Gasteiger charge is 2.58. The Morgan fingerprint density at radius 1 is 1.05 bits per heavy atom. The van der Waals surface area contributed by atoms with Crippen LogP contribution in [0.2, 0.25) is 0 Å². The van der Waals surface area contributed by atoms with Crippen LogP contribution < -0.4 is 11.1 Å². The van der Waals surface area contributed by atoms with Gasteiger partial charge in [-0.25, -0.2) is 0 Å². The summed E-state index contributed by atoms with van der Waals surface area (Å²) in [5.41, 5.74) is -1.22. The van der Waals surface area contributed by atoms with Gasteiger partial charge < -0.3 is 46.6 Å². The molecular weight excluding hydrogens is 562 g/mol. The van der Waals surface area contributed by atoms with Gasteiger partial charge in [-0.15, -0.1) is 0 Å². The molecule has 2 aromatic rings. The van der Waals surface area contributed by atoms with E-state index in [-0.39, 0.29) is 29.2 Å². The molecule has 0 heterocycles. The number of nitrogens with zero attached hydrogens (tertiary/aromatic N) is 1. The maximum atomic E-state index is 13.3. The van der Waals surface area contributed by atoms with E-state index in [2.05, 4.69) is 5.32 Å². The minimum atomic E-state index is -3.01. The third kappa shape index (κ3) is 7.26. The van der Waals surface area contributed by atoms with Crippen molar-refractivity contribution in [2.24, 2.45) is 5.73 Å². The number of amides is 2. The number of phenols is 1. The van der Waals surface area contributed by atoms with E-state index < -0.39 is 73.2 Å². The number of hydrogen-bond acceptors (Lipinski definition) is 11. The highest BCUT2D eigenvalue weighted by molar-refractivity contribution is 6.04. The Morgan fingerprint density at radius 2 is 1.70 bits per heavy atom. The molecule has 2 unspecified atom stereocenters. The fourth-order valence-electron chi connectivity index (χ4n) is 5.57. The van der Waals surface area contributed by atoms with Crippen molar-refractivity contribution in [3.05, 3.63) is 53.1 Å². The van der Waals surface area contributed by atoms with Gasteiger partial charge in [-0.2, -0.15) is 0 Å². The predicted octanol–water partition coefficient (Wildman–Crippen LogP) is -1.12. The van der Waals surface area contributed by atoms with Crippen LogP contribution in [-0.2, 0) is 16.0 Å². The summed E-state index contributed by atoms with van der Waals surface area (Å²) >= 11 is 0. The second-order valence-corrected chi connectivity index (χ2v) is 11.4. The molecule has 13 heteroatoms. The molecule has 0 aromatic heterocycles. The first kappa shape index (κ1) is 33.8. The third-order valence-electron chi connectivity index (χ3n) is 7.81. The van der Waals surface area contributed by atoms with E-state index in [1.807, 2.05) is 19.0 Å². The number of rotatable bonds is 14. The predicted molar refractivity (Wildman–Crippen MR) is 154 cm³/mol. The van der Waals surface area contributed by atoms with Gasteiger partial charge in [-0.3, -0.25) is 19.2 Å². The van der Waals surface area contributed by atoms with Gasteiger partial charge in [0.05, 0.1) is 24.2 Å². The summed E-state index contributed by atoms with van der Waals surface area (Å²) in [6.45, 7) is -1.05. The molecule has 0 bridgehead atoms. The number of Topliss-reactive ketones (excluding diaryl/α,β-unsaturated/α-hetero) is 2. The third-order valence-corrected chi connectivity index (χ3v) is 7.81. The molecule has 0 saturated carbocycles. The summed E-state index contributed by atoms with van der Waals surface area (Å²) in [6, 6.07) is 9.30. The molecule has 0 spiro atoms. The quantitative estimate of drug-likeness (QED) is 0.121. The molecule has 13 nitrogen and oxygen atoms in total. The van der Waals surface area contributed by atoms with E-state index in [9.17, 15) is 49.8 Å². The lowest BCUT2D eigenvalue weighted by Crippen LogP contribution is -2.65. The van der Waals surface area contributed by atoms with Crippen molar-refractivity contribution in [2.45, 2.75) is 48.9 Å². The molecule has 2 amide bonds. The zero-order valence-electron chi connectivity index (χ0n) is 24.2. The Labute approximate surface area is 248 Å². The Balaban J connectivity index is 1.99.